The van der Waals surface area contributed by atoms with Crippen molar-refractivity contribution in [2.45, 2.75) is 32.0 Å². The third-order valence-electron chi connectivity index (χ3n) is 5.46. The van der Waals surface area contributed by atoms with Crippen molar-refractivity contribution in [2.75, 3.05) is 20.1 Å². The van der Waals surface area contributed by atoms with E-state index in [-0.39, 0.29) is 0 Å². The van der Waals surface area contributed by atoms with Crippen LogP contribution in [-0.2, 0) is 13.1 Å². The first-order valence-electron chi connectivity index (χ1n) is 10.5. The van der Waals surface area contributed by atoms with E-state index in [0.717, 1.165) is 55.5 Å². The summed E-state index contributed by atoms with van der Waals surface area (Å²) in [6.07, 6.45) is 2.21. The summed E-state index contributed by atoms with van der Waals surface area (Å²) >= 11 is 0. The van der Waals surface area contributed by atoms with Crippen LogP contribution in [0.2, 0.25) is 0 Å². The number of hydrogen-bond donors (Lipinski definition) is 2. The zero-order valence-corrected chi connectivity index (χ0v) is 17.4. The van der Waals surface area contributed by atoms with Crippen LogP contribution >= 0.6 is 0 Å². The maximum Gasteiger partial charge on any atom is 0.191 e. The Bertz CT molecular complexity index is 930. The molecule has 1 saturated heterocycles. The Hall–Kier alpha value is -3.12. The van der Waals surface area contributed by atoms with Crippen LogP contribution in [0.25, 0.3) is 11.3 Å². The van der Waals surface area contributed by atoms with Crippen LogP contribution in [0.1, 0.15) is 24.1 Å². The summed E-state index contributed by atoms with van der Waals surface area (Å²) in [4.78, 5) is 6.89. The first-order chi connectivity index (χ1) is 14.8. The number of piperidine rings is 1. The monoisotopic (exact) mass is 403 g/mol. The summed E-state index contributed by atoms with van der Waals surface area (Å²) in [5.41, 5.74) is 3.26. The smallest absolute Gasteiger partial charge is 0.191 e. The van der Waals surface area contributed by atoms with Gasteiger partial charge in [0, 0.05) is 44.4 Å². The van der Waals surface area contributed by atoms with Gasteiger partial charge in [0.2, 0.25) is 0 Å². The third kappa shape index (κ3) is 5.48. The predicted octanol–water partition coefficient (Wildman–Crippen LogP) is 3.67. The van der Waals surface area contributed by atoms with Crippen LogP contribution < -0.4 is 10.6 Å². The molecule has 0 unspecified atom stereocenters. The topological polar surface area (TPSA) is 65.7 Å². The molecular weight excluding hydrogens is 374 g/mol. The van der Waals surface area contributed by atoms with Gasteiger partial charge in [-0.15, -0.1) is 0 Å². The quantitative estimate of drug-likeness (QED) is 0.486. The van der Waals surface area contributed by atoms with E-state index in [1.807, 2.05) is 36.4 Å². The molecule has 6 heteroatoms. The molecule has 0 radical (unpaired) electrons. The van der Waals surface area contributed by atoms with Crippen LogP contribution in [0.4, 0.5) is 0 Å². The number of aliphatic imine (C=N–C) groups is 1. The predicted molar refractivity (Wildman–Crippen MR) is 120 cm³/mol. The average molecular weight is 404 g/mol. The number of likely N-dealkylation sites (tertiary alicyclic amines) is 1. The minimum Gasteiger partial charge on any atom is -0.356 e. The first-order valence-corrected chi connectivity index (χ1v) is 10.5. The second-order valence-corrected chi connectivity index (χ2v) is 7.65. The van der Waals surface area contributed by atoms with E-state index in [1.54, 1.807) is 7.05 Å². The van der Waals surface area contributed by atoms with Gasteiger partial charge in [0.05, 0.1) is 6.54 Å². The summed E-state index contributed by atoms with van der Waals surface area (Å²) in [7, 11) is 1.80. The molecule has 1 fully saturated rings. The molecule has 1 aliphatic heterocycles. The second-order valence-electron chi connectivity index (χ2n) is 7.65. The summed E-state index contributed by atoms with van der Waals surface area (Å²) < 4.78 is 5.47. The molecule has 0 amide bonds. The average Bonchev–Trinajstić information content (AvgIpc) is 3.28. The molecule has 2 aromatic carbocycles. The van der Waals surface area contributed by atoms with E-state index < -0.39 is 0 Å². The van der Waals surface area contributed by atoms with Crippen LogP contribution in [0.15, 0.2) is 76.2 Å². The first kappa shape index (κ1) is 20.2. The zero-order chi connectivity index (χ0) is 20.6. The maximum atomic E-state index is 5.47. The lowest BCUT2D eigenvalue weighted by Crippen LogP contribution is -2.48. The Morgan fingerprint density at radius 3 is 2.47 bits per heavy atom. The SMILES string of the molecule is CN=C(NCc1cc(-c2ccccc2)on1)NC1CCN(Cc2ccccc2)CC1. The lowest BCUT2D eigenvalue weighted by atomic mass is 10.0. The van der Waals surface area contributed by atoms with Crippen LogP contribution in [0.5, 0.6) is 0 Å². The normalized spacial score (nSPS) is 15.8. The van der Waals surface area contributed by atoms with E-state index >= 15 is 0 Å². The number of benzene rings is 2. The molecule has 2 heterocycles. The molecule has 30 heavy (non-hydrogen) atoms. The molecule has 1 aliphatic rings. The number of hydrogen-bond acceptors (Lipinski definition) is 4. The summed E-state index contributed by atoms with van der Waals surface area (Å²) in [5.74, 6) is 1.59. The minimum absolute atomic E-state index is 0.431. The molecular formula is C24H29N5O. The largest absolute Gasteiger partial charge is 0.356 e. The van der Waals surface area contributed by atoms with Gasteiger partial charge in [-0.05, 0) is 18.4 Å². The number of nitrogens with one attached hydrogen (secondary N) is 2. The molecule has 0 bridgehead atoms. The van der Waals surface area contributed by atoms with Gasteiger partial charge in [0.15, 0.2) is 11.7 Å². The number of nitrogens with zero attached hydrogens (tertiary/aromatic N) is 3. The number of aromatic nitrogens is 1. The fourth-order valence-electron chi connectivity index (χ4n) is 3.77. The summed E-state index contributed by atoms with van der Waals surface area (Å²) in [6.45, 7) is 3.78. The fraction of sp³-hybridized carbons (Fsp3) is 0.333. The van der Waals surface area contributed by atoms with Crippen molar-refractivity contribution in [2.24, 2.45) is 4.99 Å². The summed E-state index contributed by atoms with van der Waals surface area (Å²) in [6, 6.07) is 23.1. The van der Waals surface area contributed by atoms with Crippen molar-refractivity contribution in [3.05, 3.63) is 78.0 Å². The standard InChI is InChI=1S/C24H29N5O/c1-25-24(26-17-22-16-23(30-28-22)20-10-6-3-7-11-20)27-21-12-14-29(15-13-21)18-19-8-4-2-5-9-19/h2-11,16,21H,12-15,17-18H2,1H3,(H2,25,26,27). The molecule has 0 aliphatic carbocycles. The van der Waals surface area contributed by atoms with E-state index in [9.17, 15) is 0 Å². The van der Waals surface area contributed by atoms with Crippen molar-refractivity contribution in [3.63, 3.8) is 0 Å². The maximum absolute atomic E-state index is 5.47. The van der Waals surface area contributed by atoms with Gasteiger partial charge in [-0.3, -0.25) is 9.89 Å². The van der Waals surface area contributed by atoms with Crippen LogP contribution in [0, 0.1) is 0 Å². The Morgan fingerprint density at radius 1 is 1.07 bits per heavy atom. The molecule has 1 aromatic heterocycles. The Morgan fingerprint density at radius 2 is 1.77 bits per heavy atom. The van der Waals surface area contributed by atoms with Crippen molar-refractivity contribution in [1.82, 2.24) is 20.7 Å². The van der Waals surface area contributed by atoms with Gasteiger partial charge in [0.25, 0.3) is 0 Å². The number of rotatable bonds is 6. The molecule has 3 aromatic rings. The Labute approximate surface area is 178 Å². The zero-order valence-electron chi connectivity index (χ0n) is 17.4. The molecule has 6 nitrogen and oxygen atoms in total. The van der Waals surface area contributed by atoms with Crippen molar-refractivity contribution in [3.8, 4) is 11.3 Å². The highest BCUT2D eigenvalue weighted by Gasteiger charge is 2.20. The highest BCUT2D eigenvalue weighted by molar-refractivity contribution is 5.79. The molecule has 156 valence electrons. The lowest BCUT2D eigenvalue weighted by molar-refractivity contribution is 0.198. The minimum atomic E-state index is 0.431. The van der Waals surface area contributed by atoms with E-state index in [2.05, 4.69) is 56.0 Å². The second kappa shape index (κ2) is 10.1. The molecule has 0 spiro atoms. The molecule has 0 saturated carbocycles. The third-order valence-corrected chi connectivity index (χ3v) is 5.46. The Kier molecular flexibility index (Phi) is 6.77. The van der Waals surface area contributed by atoms with Gasteiger partial charge in [-0.1, -0.05) is 65.8 Å². The molecule has 2 N–H and O–H groups in total. The van der Waals surface area contributed by atoms with E-state index in [1.165, 1.54) is 5.56 Å². The van der Waals surface area contributed by atoms with Crippen molar-refractivity contribution < 1.29 is 4.52 Å². The van der Waals surface area contributed by atoms with Gasteiger partial charge < -0.3 is 15.2 Å². The number of guanidine groups is 1. The van der Waals surface area contributed by atoms with Crippen LogP contribution in [0.3, 0.4) is 0 Å². The lowest BCUT2D eigenvalue weighted by Gasteiger charge is -2.33. The van der Waals surface area contributed by atoms with Gasteiger partial charge in [-0.25, -0.2) is 0 Å². The highest BCUT2D eigenvalue weighted by atomic mass is 16.5. The van der Waals surface area contributed by atoms with Gasteiger partial charge in [0.1, 0.15) is 5.69 Å². The summed E-state index contributed by atoms with van der Waals surface area (Å²) in [5, 5.41) is 11.1. The van der Waals surface area contributed by atoms with E-state index in [4.69, 9.17) is 4.52 Å². The van der Waals surface area contributed by atoms with E-state index in [0.29, 0.717) is 12.6 Å². The molecule has 4 rings (SSSR count). The fourth-order valence-corrected chi connectivity index (χ4v) is 3.77. The van der Waals surface area contributed by atoms with Crippen molar-refractivity contribution in [1.29, 1.82) is 0 Å². The van der Waals surface area contributed by atoms with Crippen molar-refractivity contribution >= 4 is 5.96 Å². The van der Waals surface area contributed by atoms with Gasteiger partial charge >= 0.3 is 0 Å². The highest BCUT2D eigenvalue weighted by Crippen LogP contribution is 2.19. The van der Waals surface area contributed by atoms with Gasteiger partial charge in [-0.2, -0.15) is 0 Å². The van der Waals surface area contributed by atoms with Crippen LogP contribution in [-0.4, -0.2) is 42.2 Å². The molecule has 0 atom stereocenters. The Balaban J connectivity index is 1.22.